The smallest absolute Gasteiger partial charge is 0.259 e. The second kappa shape index (κ2) is 10.8. The number of nitrogens with zero attached hydrogens (tertiary/aromatic N) is 4. The highest BCUT2D eigenvalue weighted by atomic mass is 16.2. The molecule has 0 atom stereocenters. The predicted octanol–water partition coefficient (Wildman–Crippen LogP) is 4.85. The van der Waals surface area contributed by atoms with Crippen LogP contribution in [0.3, 0.4) is 0 Å². The Hall–Kier alpha value is -4.95. The van der Waals surface area contributed by atoms with Gasteiger partial charge in [-0.05, 0) is 52.2 Å². The molecule has 0 fully saturated rings. The van der Waals surface area contributed by atoms with Gasteiger partial charge in [0.05, 0.1) is 30.0 Å². The molecule has 0 saturated heterocycles. The molecule has 4 aromatic carbocycles. The Morgan fingerprint density at radius 1 is 0.857 bits per heavy atom. The van der Waals surface area contributed by atoms with Crippen LogP contribution in [0.5, 0.6) is 0 Å². The van der Waals surface area contributed by atoms with Gasteiger partial charge in [-0.15, -0.1) is 0 Å². The fourth-order valence-electron chi connectivity index (χ4n) is 6.10. The van der Waals surface area contributed by atoms with E-state index in [1.165, 1.54) is 16.3 Å². The molecular formula is C34H32N6O2. The summed E-state index contributed by atoms with van der Waals surface area (Å²) in [4.78, 5) is 37.8. The van der Waals surface area contributed by atoms with E-state index < -0.39 is 0 Å². The van der Waals surface area contributed by atoms with Gasteiger partial charge in [-0.3, -0.25) is 24.4 Å². The molecule has 0 aliphatic carbocycles. The molecule has 7 rings (SSSR count). The zero-order valence-electron chi connectivity index (χ0n) is 23.3. The second-order valence-electron chi connectivity index (χ2n) is 11.0. The third-order valence-corrected chi connectivity index (χ3v) is 8.27. The largest absolute Gasteiger partial charge is 0.397 e. The molecule has 0 spiro atoms. The van der Waals surface area contributed by atoms with E-state index in [0.29, 0.717) is 36.6 Å². The summed E-state index contributed by atoms with van der Waals surface area (Å²) in [5.74, 6) is 0.526. The number of benzene rings is 4. The number of rotatable bonds is 6. The van der Waals surface area contributed by atoms with Gasteiger partial charge in [0.2, 0.25) is 5.96 Å². The summed E-state index contributed by atoms with van der Waals surface area (Å²) in [6.45, 7) is 4.18. The summed E-state index contributed by atoms with van der Waals surface area (Å²) in [6.07, 6.45) is 0.831. The third-order valence-electron chi connectivity index (χ3n) is 8.27. The number of nitrogens with one attached hydrogen (secondary N) is 1. The summed E-state index contributed by atoms with van der Waals surface area (Å²) in [6, 6.07) is 29.5. The molecule has 0 aromatic heterocycles. The lowest BCUT2D eigenvalue weighted by Gasteiger charge is -2.42. The summed E-state index contributed by atoms with van der Waals surface area (Å²) >= 11 is 0. The highest BCUT2D eigenvalue weighted by molar-refractivity contribution is 6.10. The Kier molecular flexibility index (Phi) is 6.68. The minimum absolute atomic E-state index is 0.0199. The van der Waals surface area contributed by atoms with Gasteiger partial charge in [-0.25, -0.2) is 0 Å². The fraction of sp³-hybridized carbons (Fsp3) is 0.206. The van der Waals surface area contributed by atoms with Crippen molar-refractivity contribution >= 4 is 39.9 Å². The van der Waals surface area contributed by atoms with E-state index in [-0.39, 0.29) is 11.8 Å². The number of guanidine groups is 1. The maximum Gasteiger partial charge on any atom is 0.259 e. The number of hydrogen-bond donors (Lipinski definition) is 2. The summed E-state index contributed by atoms with van der Waals surface area (Å²) in [5.41, 5.74) is 11.7. The van der Waals surface area contributed by atoms with Crippen LogP contribution in [0.4, 0.5) is 11.4 Å². The monoisotopic (exact) mass is 556 g/mol. The molecule has 3 aliphatic rings. The number of aliphatic imine (C=N–C) groups is 1. The maximum absolute atomic E-state index is 13.9. The molecule has 0 saturated carbocycles. The number of nitrogen functional groups attached to an aromatic ring is 1. The van der Waals surface area contributed by atoms with Crippen molar-refractivity contribution in [3.05, 3.63) is 119 Å². The Labute approximate surface area is 244 Å². The van der Waals surface area contributed by atoms with E-state index in [2.05, 4.69) is 57.6 Å². The molecule has 42 heavy (non-hydrogen) atoms. The quantitative estimate of drug-likeness (QED) is 0.331. The number of amides is 2. The normalized spacial score (nSPS) is 16.9. The number of para-hydroxylation sites is 2. The number of hydrogen-bond acceptors (Lipinski definition) is 6. The van der Waals surface area contributed by atoms with Crippen LogP contribution >= 0.6 is 0 Å². The number of fused-ring (bicyclic) bond motifs is 3. The molecule has 0 bridgehead atoms. The van der Waals surface area contributed by atoms with Crippen LogP contribution in [0.1, 0.15) is 27.9 Å². The summed E-state index contributed by atoms with van der Waals surface area (Å²) in [5, 5.41) is 5.33. The number of nitrogens with two attached hydrogens (primary N) is 1. The van der Waals surface area contributed by atoms with Crippen LogP contribution in [0.2, 0.25) is 0 Å². The predicted molar refractivity (Wildman–Crippen MR) is 166 cm³/mol. The molecule has 3 N–H and O–H groups in total. The standard InChI is InChI=1S/C34H32N6O2/c35-29-7-3-4-8-30(29)37-32(41)26-13-9-23(10-14-26)21-40-33(42)28-22-38(17-15-31(28)39-18-16-36-34(39)40)20-24-11-12-25-5-1-2-6-27(25)19-24/h1-14,19H,15-18,20-22,35H2,(H,37,41). The van der Waals surface area contributed by atoms with Crippen LogP contribution < -0.4 is 11.1 Å². The average Bonchev–Trinajstić information content (AvgIpc) is 3.51. The van der Waals surface area contributed by atoms with Gasteiger partial charge in [0, 0.05) is 43.9 Å². The van der Waals surface area contributed by atoms with Crippen molar-refractivity contribution in [1.82, 2.24) is 14.7 Å². The van der Waals surface area contributed by atoms with Crippen molar-refractivity contribution in [2.24, 2.45) is 4.99 Å². The van der Waals surface area contributed by atoms with E-state index in [1.807, 2.05) is 24.3 Å². The van der Waals surface area contributed by atoms with Crippen LogP contribution in [0, 0.1) is 0 Å². The Bertz CT molecular complexity index is 1760. The Balaban J connectivity index is 1.07. The van der Waals surface area contributed by atoms with Gasteiger partial charge in [0.1, 0.15) is 0 Å². The summed E-state index contributed by atoms with van der Waals surface area (Å²) < 4.78 is 0. The summed E-state index contributed by atoms with van der Waals surface area (Å²) in [7, 11) is 0. The lowest BCUT2D eigenvalue weighted by atomic mass is 9.99. The lowest BCUT2D eigenvalue weighted by Crippen LogP contribution is -2.53. The first-order valence-electron chi connectivity index (χ1n) is 14.3. The van der Waals surface area contributed by atoms with E-state index in [9.17, 15) is 9.59 Å². The molecule has 8 heteroatoms. The maximum atomic E-state index is 13.9. The molecule has 210 valence electrons. The topological polar surface area (TPSA) is 94.3 Å². The van der Waals surface area contributed by atoms with Gasteiger partial charge < -0.3 is 16.0 Å². The molecular weight excluding hydrogens is 524 g/mol. The van der Waals surface area contributed by atoms with Gasteiger partial charge >= 0.3 is 0 Å². The van der Waals surface area contributed by atoms with Crippen LogP contribution in [-0.4, -0.2) is 58.7 Å². The second-order valence-corrected chi connectivity index (χ2v) is 11.0. The van der Waals surface area contributed by atoms with Gasteiger partial charge in [0.25, 0.3) is 11.8 Å². The van der Waals surface area contributed by atoms with Crippen molar-refractivity contribution in [1.29, 1.82) is 0 Å². The fourth-order valence-corrected chi connectivity index (χ4v) is 6.10. The average molecular weight is 557 g/mol. The van der Waals surface area contributed by atoms with Crippen molar-refractivity contribution in [3.63, 3.8) is 0 Å². The number of anilines is 2. The number of carbonyl (C=O) groups is 2. The zero-order chi connectivity index (χ0) is 28.6. The van der Waals surface area contributed by atoms with Crippen molar-refractivity contribution in [3.8, 4) is 0 Å². The van der Waals surface area contributed by atoms with Crippen molar-refractivity contribution in [2.75, 3.05) is 37.2 Å². The number of carbonyl (C=O) groups excluding carboxylic acids is 2. The SMILES string of the molecule is Nc1ccccc1NC(=O)c1ccc(CN2C(=O)C3=C(CCN(Cc4ccc5ccccc5c4)C3)N3CCN=C23)cc1. The van der Waals surface area contributed by atoms with Crippen LogP contribution in [-0.2, 0) is 17.9 Å². The molecule has 0 radical (unpaired) electrons. The van der Waals surface area contributed by atoms with Crippen molar-refractivity contribution in [2.45, 2.75) is 19.5 Å². The van der Waals surface area contributed by atoms with E-state index in [0.717, 1.165) is 48.8 Å². The highest BCUT2D eigenvalue weighted by Crippen LogP contribution is 2.32. The van der Waals surface area contributed by atoms with Gasteiger partial charge in [0.15, 0.2) is 0 Å². The van der Waals surface area contributed by atoms with E-state index in [4.69, 9.17) is 10.7 Å². The molecule has 3 heterocycles. The minimum Gasteiger partial charge on any atom is -0.397 e. The van der Waals surface area contributed by atoms with Crippen LogP contribution in [0.25, 0.3) is 10.8 Å². The molecule has 2 amide bonds. The first-order chi connectivity index (χ1) is 20.5. The lowest BCUT2D eigenvalue weighted by molar-refractivity contribution is -0.125. The minimum atomic E-state index is -0.233. The first-order valence-corrected chi connectivity index (χ1v) is 14.3. The van der Waals surface area contributed by atoms with Gasteiger partial charge in [-0.1, -0.05) is 60.7 Å². The highest BCUT2D eigenvalue weighted by Gasteiger charge is 2.41. The van der Waals surface area contributed by atoms with E-state index in [1.54, 1.807) is 29.2 Å². The third kappa shape index (κ3) is 4.90. The molecule has 4 aromatic rings. The van der Waals surface area contributed by atoms with E-state index >= 15 is 0 Å². The van der Waals surface area contributed by atoms with Gasteiger partial charge in [-0.2, -0.15) is 0 Å². The van der Waals surface area contributed by atoms with Crippen molar-refractivity contribution < 1.29 is 9.59 Å². The zero-order valence-corrected chi connectivity index (χ0v) is 23.3. The Morgan fingerprint density at radius 3 is 2.45 bits per heavy atom. The molecule has 8 nitrogen and oxygen atoms in total. The van der Waals surface area contributed by atoms with Crippen LogP contribution in [0.15, 0.2) is 107 Å². The first kappa shape index (κ1) is 26.0. The molecule has 0 unspecified atom stereocenters. The molecule has 3 aliphatic heterocycles. The Morgan fingerprint density at radius 2 is 1.62 bits per heavy atom.